The van der Waals surface area contributed by atoms with E-state index in [2.05, 4.69) is 27.6 Å². The number of unbranched alkanes of at least 4 members (excludes halogenated alkanes) is 1. The Morgan fingerprint density at radius 2 is 2.28 bits per heavy atom. The van der Waals surface area contributed by atoms with E-state index in [1.807, 2.05) is 6.92 Å². The van der Waals surface area contributed by atoms with Gasteiger partial charge in [-0.25, -0.2) is 0 Å². The highest BCUT2D eigenvalue weighted by atomic mass is 79.9. The van der Waals surface area contributed by atoms with Gasteiger partial charge in [-0.2, -0.15) is 0 Å². The zero-order chi connectivity index (χ0) is 13.7. The molecule has 1 N–H and O–H groups in total. The Hall–Kier alpha value is -0.300. The number of hydrogen-bond acceptors (Lipinski definition) is 3. The van der Waals surface area contributed by atoms with Crippen molar-refractivity contribution in [1.29, 1.82) is 0 Å². The van der Waals surface area contributed by atoms with Crippen LogP contribution in [-0.2, 0) is 18.4 Å². The summed E-state index contributed by atoms with van der Waals surface area (Å²) in [4.78, 5) is 11.6. The van der Waals surface area contributed by atoms with Crippen molar-refractivity contribution in [3.05, 3.63) is 32.7 Å². The molecule has 18 heavy (non-hydrogen) atoms. The van der Waals surface area contributed by atoms with Crippen molar-refractivity contribution >= 4 is 27.3 Å². The van der Waals surface area contributed by atoms with Gasteiger partial charge in [-0.1, -0.05) is 13.3 Å². The minimum Gasteiger partial charge on any atom is -0.598 e. The average Bonchev–Trinajstić information content (AvgIpc) is 2.31. The topological polar surface area (TPSA) is 57.1 Å². The molecule has 102 valence electrons. The Bertz CT molecular complexity index is 450. The highest BCUT2D eigenvalue weighted by Crippen LogP contribution is 2.21. The molecule has 0 aliphatic rings. The molecule has 0 bridgehead atoms. The molecule has 0 unspecified atom stereocenters. The molecule has 0 saturated carbocycles. The molecule has 2 atom stereocenters. The molecular weight excluding hydrogens is 316 g/mol. The molecule has 0 saturated heterocycles. The fourth-order valence-electron chi connectivity index (χ4n) is 1.54. The normalized spacial score (nSPS) is 14.5. The molecule has 1 rings (SSSR count). The average molecular weight is 335 g/mol. The zero-order valence-electron chi connectivity index (χ0n) is 10.9. The third-order valence-corrected chi connectivity index (χ3v) is 4.61. The van der Waals surface area contributed by atoms with E-state index in [-0.39, 0.29) is 11.6 Å². The molecule has 1 aromatic rings. The van der Waals surface area contributed by atoms with E-state index >= 15 is 0 Å². The summed E-state index contributed by atoms with van der Waals surface area (Å²) < 4.78 is 17.1. The lowest BCUT2D eigenvalue weighted by molar-refractivity contribution is 0.562. The van der Waals surface area contributed by atoms with E-state index in [0.717, 1.165) is 22.9 Å². The van der Waals surface area contributed by atoms with Crippen molar-refractivity contribution in [3.8, 4) is 0 Å². The van der Waals surface area contributed by atoms with Crippen molar-refractivity contribution in [3.63, 3.8) is 0 Å². The van der Waals surface area contributed by atoms with Gasteiger partial charge in [0.2, 0.25) is 0 Å². The lowest BCUT2D eigenvalue weighted by Crippen LogP contribution is -2.30. The summed E-state index contributed by atoms with van der Waals surface area (Å²) in [6.07, 6.45) is 3.69. The van der Waals surface area contributed by atoms with Crippen LogP contribution in [0.15, 0.2) is 21.5 Å². The van der Waals surface area contributed by atoms with Gasteiger partial charge in [0, 0.05) is 35.1 Å². The van der Waals surface area contributed by atoms with E-state index in [1.54, 1.807) is 19.3 Å². The van der Waals surface area contributed by atoms with Crippen LogP contribution in [0.4, 0.5) is 0 Å². The lowest BCUT2D eigenvalue weighted by Gasteiger charge is -2.18. The second kappa shape index (κ2) is 7.33. The molecule has 0 aromatic carbocycles. The maximum atomic E-state index is 11.8. The van der Waals surface area contributed by atoms with E-state index in [0.29, 0.717) is 5.75 Å². The highest BCUT2D eigenvalue weighted by molar-refractivity contribution is 9.10. The Kier molecular flexibility index (Phi) is 6.42. The van der Waals surface area contributed by atoms with Gasteiger partial charge >= 0.3 is 0 Å². The number of rotatable bonds is 6. The summed E-state index contributed by atoms with van der Waals surface area (Å²) in [6, 6.07) is 1.45. The van der Waals surface area contributed by atoms with Crippen LogP contribution in [0.1, 0.15) is 38.3 Å². The van der Waals surface area contributed by atoms with Crippen LogP contribution in [-0.4, -0.2) is 14.9 Å². The number of aryl methyl sites for hydroxylation is 1. The van der Waals surface area contributed by atoms with Crippen molar-refractivity contribution < 1.29 is 4.55 Å². The SMILES string of the molecule is CCCC[S@+]([O-])N[C@@H](C)c1cc(=O)n(C)cc1Br. The number of pyridine rings is 1. The molecule has 0 amide bonds. The smallest absolute Gasteiger partial charge is 0.250 e. The zero-order valence-corrected chi connectivity index (χ0v) is 13.3. The number of nitrogens with zero attached hydrogens (tertiary/aromatic N) is 1. The van der Waals surface area contributed by atoms with Gasteiger partial charge in [0.25, 0.3) is 5.56 Å². The minimum absolute atomic E-state index is 0.0683. The first-order chi connectivity index (χ1) is 8.45. The van der Waals surface area contributed by atoms with Crippen molar-refractivity contribution in [2.24, 2.45) is 7.05 Å². The van der Waals surface area contributed by atoms with Crippen molar-refractivity contribution in [2.75, 3.05) is 5.75 Å². The summed E-state index contributed by atoms with van der Waals surface area (Å²) >= 11 is 2.38. The van der Waals surface area contributed by atoms with Gasteiger partial charge < -0.3 is 9.12 Å². The summed E-state index contributed by atoms with van der Waals surface area (Å²) in [5, 5.41) is 0. The maximum Gasteiger partial charge on any atom is 0.250 e. The molecule has 6 heteroatoms. The van der Waals surface area contributed by atoms with Gasteiger partial charge in [0.1, 0.15) is 5.75 Å². The Morgan fingerprint density at radius 3 is 2.89 bits per heavy atom. The predicted molar refractivity (Wildman–Crippen MR) is 78.9 cm³/mol. The van der Waals surface area contributed by atoms with Gasteiger partial charge in [-0.05, 0) is 34.8 Å². The van der Waals surface area contributed by atoms with Crippen LogP contribution in [0.25, 0.3) is 0 Å². The van der Waals surface area contributed by atoms with Crippen LogP contribution < -0.4 is 10.3 Å². The third kappa shape index (κ3) is 4.42. The first-order valence-corrected chi connectivity index (χ1v) is 8.07. The molecule has 0 spiro atoms. The fraction of sp³-hybridized carbons (Fsp3) is 0.583. The molecular formula is C12H19BrN2O2S. The first-order valence-electron chi connectivity index (χ1n) is 5.96. The Morgan fingerprint density at radius 1 is 1.61 bits per heavy atom. The van der Waals surface area contributed by atoms with E-state index in [9.17, 15) is 9.35 Å². The van der Waals surface area contributed by atoms with Crippen LogP contribution >= 0.6 is 15.9 Å². The summed E-state index contributed by atoms with van der Waals surface area (Å²) in [5.41, 5.74) is 0.768. The van der Waals surface area contributed by atoms with Crippen molar-refractivity contribution in [1.82, 2.24) is 9.29 Å². The Labute approximate surface area is 119 Å². The van der Waals surface area contributed by atoms with Gasteiger partial charge in [0.05, 0.1) is 6.04 Å². The summed E-state index contributed by atoms with van der Waals surface area (Å²) in [6.45, 7) is 3.97. The Balaban J connectivity index is 2.75. The maximum absolute atomic E-state index is 11.8. The molecule has 0 fully saturated rings. The highest BCUT2D eigenvalue weighted by Gasteiger charge is 2.16. The van der Waals surface area contributed by atoms with Crippen LogP contribution in [0, 0.1) is 0 Å². The number of halogens is 1. The number of nitrogens with one attached hydrogen (secondary N) is 1. The third-order valence-electron chi connectivity index (χ3n) is 2.67. The first kappa shape index (κ1) is 15.8. The predicted octanol–water partition coefficient (Wildman–Crippen LogP) is 2.26. The van der Waals surface area contributed by atoms with E-state index < -0.39 is 11.4 Å². The molecule has 1 aromatic heterocycles. The molecule has 1 heterocycles. The quantitative estimate of drug-likeness (QED) is 0.812. The van der Waals surface area contributed by atoms with E-state index in [4.69, 9.17) is 0 Å². The summed E-state index contributed by atoms with van der Waals surface area (Å²) in [7, 11) is 1.70. The molecule has 0 aliphatic carbocycles. The van der Waals surface area contributed by atoms with Gasteiger partial charge in [-0.15, -0.1) is 4.72 Å². The lowest BCUT2D eigenvalue weighted by atomic mass is 10.1. The van der Waals surface area contributed by atoms with Crippen LogP contribution in [0.3, 0.4) is 0 Å². The van der Waals surface area contributed by atoms with Gasteiger partial charge in [-0.3, -0.25) is 4.79 Å². The minimum atomic E-state index is -1.05. The standard InChI is InChI=1S/C12H19BrN2O2S/c1-4-5-6-18(17)14-9(2)10-7-12(16)15(3)8-11(10)13/h7-9,14H,4-6H2,1-3H3/t9-,18-/m0/s1. The molecule has 4 nitrogen and oxygen atoms in total. The second-order valence-electron chi connectivity index (χ2n) is 4.27. The fourth-order valence-corrected chi connectivity index (χ4v) is 3.49. The van der Waals surface area contributed by atoms with Gasteiger partial charge in [0.15, 0.2) is 0 Å². The van der Waals surface area contributed by atoms with E-state index in [1.165, 1.54) is 4.57 Å². The number of hydrogen-bond donors (Lipinski definition) is 1. The molecule has 0 aliphatic heterocycles. The summed E-state index contributed by atoms with van der Waals surface area (Å²) in [5.74, 6) is 0.642. The largest absolute Gasteiger partial charge is 0.598 e. The monoisotopic (exact) mass is 334 g/mol. The second-order valence-corrected chi connectivity index (χ2v) is 6.46. The molecule has 0 radical (unpaired) electrons. The van der Waals surface area contributed by atoms with Crippen LogP contribution in [0.5, 0.6) is 0 Å². The number of aromatic nitrogens is 1. The van der Waals surface area contributed by atoms with Crippen molar-refractivity contribution in [2.45, 2.75) is 32.7 Å². The van der Waals surface area contributed by atoms with Crippen LogP contribution in [0.2, 0.25) is 0 Å².